The number of rotatable bonds is 4. The summed E-state index contributed by atoms with van der Waals surface area (Å²) in [7, 11) is 0. The van der Waals surface area contributed by atoms with E-state index in [0.717, 1.165) is 19.0 Å². The Kier molecular flexibility index (Phi) is 2.30. The molecule has 0 atom stereocenters. The van der Waals surface area contributed by atoms with Crippen LogP contribution in [0, 0.1) is 5.92 Å². The number of hydrogen-bond donors (Lipinski definition) is 2. The third-order valence-corrected chi connectivity index (χ3v) is 1.39. The van der Waals surface area contributed by atoms with Gasteiger partial charge in [0.2, 0.25) is 0 Å². The molecule has 0 spiro atoms. The third-order valence-electron chi connectivity index (χ3n) is 1.39. The number of hydrazine groups is 1. The molecule has 0 amide bonds. The van der Waals surface area contributed by atoms with Crippen molar-refractivity contribution >= 4 is 0 Å². The fourth-order valence-electron chi connectivity index (χ4n) is 0.663. The van der Waals surface area contributed by atoms with E-state index in [4.69, 9.17) is 0 Å². The molecule has 48 valence electrons. The van der Waals surface area contributed by atoms with Crippen molar-refractivity contribution in [2.45, 2.75) is 19.8 Å². The monoisotopic (exact) mass is 114 g/mol. The molecule has 2 heteroatoms. The van der Waals surface area contributed by atoms with Crippen LogP contribution >= 0.6 is 0 Å². The molecule has 0 aliphatic heterocycles. The number of hydrogen-bond acceptors (Lipinski definition) is 2. The fraction of sp³-hybridized carbons (Fsp3) is 1.00. The zero-order valence-corrected chi connectivity index (χ0v) is 5.41. The first-order chi connectivity index (χ1) is 3.93. The van der Waals surface area contributed by atoms with Crippen molar-refractivity contribution in [2.24, 2.45) is 5.92 Å². The highest BCUT2D eigenvalue weighted by molar-refractivity contribution is 4.73. The maximum atomic E-state index is 3.15. The van der Waals surface area contributed by atoms with Crippen LogP contribution in [0.2, 0.25) is 0 Å². The van der Waals surface area contributed by atoms with Crippen molar-refractivity contribution in [3.63, 3.8) is 0 Å². The quantitative estimate of drug-likeness (QED) is 0.411. The Morgan fingerprint density at radius 3 is 2.62 bits per heavy atom. The minimum Gasteiger partial charge on any atom is -0.258 e. The molecule has 0 aromatic heterocycles. The van der Waals surface area contributed by atoms with Gasteiger partial charge in [0.05, 0.1) is 0 Å². The molecule has 1 saturated carbocycles. The largest absolute Gasteiger partial charge is 0.258 e. The van der Waals surface area contributed by atoms with Gasteiger partial charge in [0, 0.05) is 13.1 Å². The Hall–Kier alpha value is -0.0800. The summed E-state index contributed by atoms with van der Waals surface area (Å²) in [6, 6.07) is 0. The van der Waals surface area contributed by atoms with Gasteiger partial charge < -0.3 is 0 Å². The molecule has 1 aliphatic carbocycles. The Bertz CT molecular complexity index is 59.5. The molecule has 0 heterocycles. The van der Waals surface area contributed by atoms with E-state index in [0.29, 0.717) is 0 Å². The van der Waals surface area contributed by atoms with Crippen molar-refractivity contribution in [3.8, 4) is 0 Å². The van der Waals surface area contributed by atoms with Gasteiger partial charge in [-0.3, -0.25) is 10.9 Å². The van der Waals surface area contributed by atoms with E-state index in [1.165, 1.54) is 12.8 Å². The summed E-state index contributed by atoms with van der Waals surface area (Å²) in [5.74, 6) is 0.981. The highest BCUT2D eigenvalue weighted by atomic mass is 15.3. The van der Waals surface area contributed by atoms with Gasteiger partial charge in [-0.05, 0) is 18.8 Å². The molecule has 1 rings (SSSR count). The predicted octanol–water partition coefficient (Wildman–Crippen LogP) is 0.510. The second-order valence-electron chi connectivity index (χ2n) is 2.35. The smallest absolute Gasteiger partial charge is 0.0128 e. The topological polar surface area (TPSA) is 24.1 Å². The van der Waals surface area contributed by atoms with Crippen molar-refractivity contribution in [1.29, 1.82) is 0 Å². The van der Waals surface area contributed by atoms with Crippen LogP contribution in [0.15, 0.2) is 0 Å². The van der Waals surface area contributed by atoms with Gasteiger partial charge >= 0.3 is 0 Å². The van der Waals surface area contributed by atoms with Crippen LogP contribution in [-0.4, -0.2) is 13.1 Å². The Morgan fingerprint density at radius 2 is 2.12 bits per heavy atom. The molecule has 0 aromatic rings. The summed E-state index contributed by atoms with van der Waals surface area (Å²) in [5, 5.41) is 0. The molecule has 8 heavy (non-hydrogen) atoms. The van der Waals surface area contributed by atoms with Crippen LogP contribution in [0.25, 0.3) is 0 Å². The summed E-state index contributed by atoms with van der Waals surface area (Å²) in [6.45, 7) is 4.28. The van der Waals surface area contributed by atoms with Crippen LogP contribution in [0.1, 0.15) is 19.8 Å². The lowest BCUT2D eigenvalue weighted by molar-refractivity contribution is 0.528. The zero-order chi connectivity index (χ0) is 5.82. The molecule has 1 fully saturated rings. The lowest BCUT2D eigenvalue weighted by atomic mass is 10.4. The van der Waals surface area contributed by atoms with Gasteiger partial charge in [-0.1, -0.05) is 6.92 Å². The van der Waals surface area contributed by atoms with Gasteiger partial charge in [0.1, 0.15) is 0 Å². The van der Waals surface area contributed by atoms with Crippen molar-refractivity contribution in [1.82, 2.24) is 10.9 Å². The molecule has 0 saturated heterocycles. The van der Waals surface area contributed by atoms with E-state index in [2.05, 4.69) is 17.8 Å². The Morgan fingerprint density at radius 1 is 1.38 bits per heavy atom. The van der Waals surface area contributed by atoms with Gasteiger partial charge in [-0.15, -0.1) is 0 Å². The van der Waals surface area contributed by atoms with Gasteiger partial charge in [-0.25, -0.2) is 0 Å². The van der Waals surface area contributed by atoms with Crippen LogP contribution in [0.3, 0.4) is 0 Å². The van der Waals surface area contributed by atoms with E-state index in [-0.39, 0.29) is 0 Å². The lowest BCUT2D eigenvalue weighted by Gasteiger charge is -2.00. The maximum Gasteiger partial charge on any atom is 0.0128 e. The minimum absolute atomic E-state index is 0.981. The van der Waals surface area contributed by atoms with E-state index in [9.17, 15) is 0 Å². The molecule has 0 aromatic carbocycles. The highest BCUT2D eigenvalue weighted by Crippen LogP contribution is 2.27. The fourth-order valence-corrected chi connectivity index (χ4v) is 0.663. The average Bonchev–Trinajstić information content (AvgIpc) is 2.51. The van der Waals surface area contributed by atoms with Crippen LogP contribution in [0.5, 0.6) is 0 Å². The molecule has 0 unspecified atom stereocenters. The molecular formula is C6H14N2. The van der Waals surface area contributed by atoms with E-state index in [1.807, 2.05) is 0 Å². The second-order valence-corrected chi connectivity index (χ2v) is 2.35. The van der Waals surface area contributed by atoms with Crippen molar-refractivity contribution in [3.05, 3.63) is 0 Å². The second kappa shape index (κ2) is 3.05. The van der Waals surface area contributed by atoms with Crippen LogP contribution in [-0.2, 0) is 0 Å². The third kappa shape index (κ3) is 2.28. The van der Waals surface area contributed by atoms with Gasteiger partial charge in [0.25, 0.3) is 0 Å². The van der Waals surface area contributed by atoms with Gasteiger partial charge in [-0.2, -0.15) is 0 Å². The standard InChI is InChI=1S/C6H14N2/c1-2-7-8-5-6-3-4-6/h6-8H,2-5H2,1H3. The van der Waals surface area contributed by atoms with Crippen molar-refractivity contribution in [2.75, 3.05) is 13.1 Å². The first kappa shape index (κ1) is 6.05. The maximum absolute atomic E-state index is 3.15. The number of nitrogens with one attached hydrogen (secondary N) is 2. The van der Waals surface area contributed by atoms with E-state index in [1.54, 1.807) is 0 Å². The molecule has 0 radical (unpaired) electrons. The van der Waals surface area contributed by atoms with Gasteiger partial charge in [0.15, 0.2) is 0 Å². The Balaban J connectivity index is 1.74. The van der Waals surface area contributed by atoms with E-state index >= 15 is 0 Å². The Labute approximate surface area is 50.6 Å². The first-order valence-corrected chi connectivity index (χ1v) is 3.39. The van der Waals surface area contributed by atoms with Crippen LogP contribution in [0.4, 0.5) is 0 Å². The summed E-state index contributed by atoms with van der Waals surface area (Å²) in [4.78, 5) is 0. The molecule has 0 bridgehead atoms. The SMILES string of the molecule is CCNNCC1CC1. The highest BCUT2D eigenvalue weighted by Gasteiger charge is 2.19. The first-order valence-electron chi connectivity index (χ1n) is 3.39. The normalized spacial score (nSPS) is 19.1. The molecule has 2 nitrogen and oxygen atoms in total. The lowest BCUT2D eigenvalue weighted by Crippen LogP contribution is -2.32. The van der Waals surface area contributed by atoms with Crippen molar-refractivity contribution < 1.29 is 0 Å². The molecule has 1 aliphatic rings. The van der Waals surface area contributed by atoms with E-state index < -0.39 is 0 Å². The average molecular weight is 114 g/mol. The minimum atomic E-state index is 0.981. The molecular weight excluding hydrogens is 100 g/mol. The summed E-state index contributed by atoms with van der Waals surface area (Å²) in [6.07, 6.45) is 2.86. The summed E-state index contributed by atoms with van der Waals surface area (Å²) in [5.41, 5.74) is 6.22. The summed E-state index contributed by atoms with van der Waals surface area (Å²) < 4.78 is 0. The molecule has 2 N–H and O–H groups in total. The summed E-state index contributed by atoms with van der Waals surface area (Å²) >= 11 is 0. The zero-order valence-electron chi connectivity index (χ0n) is 5.41. The predicted molar refractivity (Wildman–Crippen MR) is 34.4 cm³/mol. The van der Waals surface area contributed by atoms with Crippen LogP contribution < -0.4 is 10.9 Å².